The molecule has 14 heteroatoms. The molecule has 2 N–H and O–H groups in total. The number of H-pyrrole nitrogens is 1. The third-order valence-electron chi connectivity index (χ3n) is 3.15. The van der Waals surface area contributed by atoms with Crippen LogP contribution in [0.2, 0.25) is 0 Å². The van der Waals surface area contributed by atoms with Gasteiger partial charge in [-0.25, -0.2) is 15.0 Å². The number of imidazole rings is 1. The van der Waals surface area contributed by atoms with Crippen LogP contribution in [0.3, 0.4) is 0 Å². The highest BCUT2D eigenvalue weighted by Gasteiger charge is 2.46. The predicted octanol–water partition coefficient (Wildman–Crippen LogP) is 4.77. The summed E-state index contributed by atoms with van der Waals surface area (Å²) in [5, 5.41) is 14.0. The smallest absolute Gasteiger partial charge is 0.289 e. The number of nitrogens with one attached hydrogen (secondary N) is 2. The Labute approximate surface area is 173 Å². The van der Waals surface area contributed by atoms with Gasteiger partial charge in [-0.3, -0.25) is 10.1 Å². The van der Waals surface area contributed by atoms with E-state index >= 15 is 0 Å². The van der Waals surface area contributed by atoms with Gasteiger partial charge in [0.1, 0.15) is 9.85 Å². The number of aryl methyl sites for hydroxylation is 1. The Kier molecular flexibility index (Phi) is 6.05. The summed E-state index contributed by atoms with van der Waals surface area (Å²) < 4.78 is 10.6. The molecule has 142 valence electrons. The standard InChI is InChI=1S/C13H10BrClFN7O2S2/c1-7-3-2-4-8(5-7)19-11-9-10(18-6-17-9)20-12(21-11)26-13(14,22(15)16)27-23(24)25/h2-6H,1H3,(H2,17,18,19,20,21). The van der Waals surface area contributed by atoms with Crippen LogP contribution in [-0.4, -0.2) is 32.0 Å². The lowest BCUT2D eigenvalue weighted by Crippen LogP contribution is -2.26. The fourth-order valence-electron chi connectivity index (χ4n) is 2.10. The van der Waals surface area contributed by atoms with E-state index in [4.69, 9.17) is 11.8 Å². The predicted molar refractivity (Wildman–Crippen MR) is 107 cm³/mol. The maximum Gasteiger partial charge on any atom is 0.289 e. The van der Waals surface area contributed by atoms with Crippen LogP contribution in [0.25, 0.3) is 11.2 Å². The van der Waals surface area contributed by atoms with Crippen molar-refractivity contribution in [2.75, 3.05) is 5.32 Å². The fraction of sp³-hybridized carbons (Fsp3) is 0.154. The Bertz CT molecular complexity index is 994. The molecule has 3 rings (SSSR count). The topological polar surface area (TPSA) is 113 Å². The third kappa shape index (κ3) is 4.79. The minimum absolute atomic E-state index is 0.0162. The number of anilines is 2. The van der Waals surface area contributed by atoms with Crippen molar-refractivity contribution in [3.63, 3.8) is 0 Å². The van der Waals surface area contributed by atoms with Gasteiger partial charge < -0.3 is 10.3 Å². The molecule has 1 unspecified atom stereocenters. The van der Waals surface area contributed by atoms with E-state index in [0.717, 1.165) is 11.3 Å². The Morgan fingerprint density at radius 2 is 2.26 bits per heavy atom. The summed E-state index contributed by atoms with van der Waals surface area (Å²) >= 11 is 8.89. The van der Waals surface area contributed by atoms with E-state index in [9.17, 15) is 14.6 Å². The van der Waals surface area contributed by atoms with E-state index < -0.39 is 7.44 Å². The van der Waals surface area contributed by atoms with E-state index in [2.05, 4.69) is 41.2 Å². The van der Waals surface area contributed by atoms with Gasteiger partial charge in [0.05, 0.1) is 6.33 Å². The number of benzene rings is 1. The molecule has 27 heavy (non-hydrogen) atoms. The Morgan fingerprint density at radius 3 is 2.93 bits per heavy atom. The number of hydrogen-bond acceptors (Lipinski definition) is 9. The molecule has 1 atom stereocenters. The van der Waals surface area contributed by atoms with Crippen LogP contribution in [0, 0.1) is 17.0 Å². The fourth-order valence-corrected chi connectivity index (χ4v) is 4.45. The van der Waals surface area contributed by atoms with Crippen LogP contribution < -0.4 is 5.32 Å². The molecule has 0 aliphatic carbocycles. The Balaban J connectivity index is 1.98. The Hall–Kier alpha value is -1.67. The zero-order valence-corrected chi connectivity index (χ0v) is 17.4. The van der Waals surface area contributed by atoms with E-state index in [1.165, 1.54) is 6.33 Å². The van der Waals surface area contributed by atoms with Gasteiger partial charge >= 0.3 is 0 Å². The number of aromatic amines is 1. The van der Waals surface area contributed by atoms with Crippen molar-refractivity contribution in [3.8, 4) is 0 Å². The van der Waals surface area contributed by atoms with Crippen molar-refractivity contribution in [1.82, 2.24) is 24.6 Å². The van der Waals surface area contributed by atoms with E-state index in [0.29, 0.717) is 28.7 Å². The highest BCUT2D eigenvalue weighted by Crippen LogP contribution is 2.50. The van der Waals surface area contributed by atoms with Gasteiger partial charge in [-0.15, -0.1) is 4.48 Å². The molecule has 0 amide bonds. The number of rotatable bonds is 7. The lowest BCUT2D eigenvalue weighted by Gasteiger charge is -2.20. The average Bonchev–Trinajstić information content (AvgIpc) is 3.02. The molecule has 0 spiro atoms. The van der Waals surface area contributed by atoms with Crippen LogP contribution in [0.1, 0.15) is 5.56 Å². The molecule has 0 saturated carbocycles. The minimum atomic E-state index is -1.97. The van der Waals surface area contributed by atoms with Gasteiger partial charge in [0.25, 0.3) is 15.1 Å². The van der Waals surface area contributed by atoms with E-state index in [-0.39, 0.29) is 21.7 Å². The number of thioether (sulfide) groups is 1. The molecule has 1 aromatic carbocycles. The number of aromatic nitrogens is 4. The second kappa shape index (κ2) is 8.14. The highest BCUT2D eigenvalue weighted by molar-refractivity contribution is 9.13. The molecule has 2 heterocycles. The average molecular weight is 495 g/mol. The number of hydrogen-bond donors (Lipinski definition) is 2. The summed E-state index contributed by atoms with van der Waals surface area (Å²) in [4.78, 5) is 26.3. The summed E-state index contributed by atoms with van der Waals surface area (Å²) in [6, 6.07) is 7.59. The molecule has 3 aromatic rings. The van der Waals surface area contributed by atoms with Crippen molar-refractivity contribution in [3.05, 3.63) is 46.3 Å². The van der Waals surface area contributed by atoms with Gasteiger partial charge in [0.2, 0.25) is 0 Å². The molecule has 0 aliphatic rings. The van der Waals surface area contributed by atoms with Crippen molar-refractivity contribution >= 4 is 74.1 Å². The summed E-state index contributed by atoms with van der Waals surface area (Å²) in [5.41, 5.74) is 2.66. The summed E-state index contributed by atoms with van der Waals surface area (Å²) in [5.74, 6) is 0.381. The first-order valence-corrected chi connectivity index (χ1v) is 9.87. The van der Waals surface area contributed by atoms with Gasteiger partial charge in [0, 0.05) is 17.5 Å². The molecule has 0 fully saturated rings. The van der Waals surface area contributed by atoms with Crippen molar-refractivity contribution in [1.29, 1.82) is 0 Å². The van der Waals surface area contributed by atoms with Crippen LogP contribution >= 0.6 is 51.4 Å². The summed E-state index contributed by atoms with van der Waals surface area (Å²) in [7, 11) is 0. The largest absolute Gasteiger partial charge is 0.340 e. The number of nitrogens with zero attached hydrogens (tertiary/aromatic N) is 5. The van der Waals surface area contributed by atoms with Gasteiger partial charge in [-0.2, -0.15) is 0 Å². The number of halogens is 3. The van der Waals surface area contributed by atoms with Crippen molar-refractivity contribution < 1.29 is 8.81 Å². The lowest BCUT2D eigenvalue weighted by molar-refractivity contribution is -0.286. The van der Waals surface area contributed by atoms with Crippen LogP contribution in [-0.2, 0) is 0 Å². The minimum Gasteiger partial charge on any atom is -0.340 e. The second-order valence-corrected chi connectivity index (χ2v) is 10.1. The van der Waals surface area contributed by atoms with Gasteiger partial charge in [0.15, 0.2) is 16.6 Å². The van der Waals surface area contributed by atoms with Gasteiger partial charge in [-0.1, -0.05) is 12.1 Å². The Morgan fingerprint density at radius 1 is 1.48 bits per heavy atom. The van der Waals surface area contributed by atoms with Crippen LogP contribution in [0.15, 0.2) is 35.7 Å². The second-order valence-electron chi connectivity index (χ2n) is 5.11. The number of nitro groups is 1. The molecule has 0 radical (unpaired) electrons. The molecule has 0 bridgehead atoms. The zero-order valence-electron chi connectivity index (χ0n) is 13.4. The summed E-state index contributed by atoms with van der Waals surface area (Å²) in [6.07, 6.45) is 1.44. The van der Waals surface area contributed by atoms with Crippen LogP contribution in [0.4, 0.5) is 16.0 Å². The maximum atomic E-state index is 13.7. The first-order chi connectivity index (χ1) is 12.8. The van der Waals surface area contributed by atoms with Gasteiger partial charge in [-0.05, 0) is 57.0 Å². The van der Waals surface area contributed by atoms with Crippen molar-refractivity contribution in [2.24, 2.45) is 0 Å². The SMILES string of the molecule is Cc1cccc(Nc2nc(SC(Br)(S[N+](=O)[O-])N(F)Cl)nc3nc[nH]c23)c1. The van der Waals surface area contributed by atoms with E-state index in [1.807, 2.05) is 31.2 Å². The summed E-state index contributed by atoms with van der Waals surface area (Å²) in [6.45, 7) is 1.95. The molecule has 2 aromatic heterocycles. The normalized spacial score (nSPS) is 13.7. The van der Waals surface area contributed by atoms with Crippen LogP contribution in [0.5, 0.6) is 0 Å². The highest BCUT2D eigenvalue weighted by atomic mass is 79.9. The number of alkyl halides is 1. The van der Waals surface area contributed by atoms with Crippen molar-refractivity contribution in [2.45, 2.75) is 15.2 Å². The third-order valence-corrected chi connectivity index (χ3v) is 6.83. The van der Waals surface area contributed by atoms with E-state index in [1.54, 1.807) is 0 Å². The number of fused-ring (bicyclic) bond motifs is 1. The molecule has 0 saturated heterocycles. The molecule has 9 nitrogen and oxygen atoms in total. The lowest BCUT2D eigenvalue weighted by atomic mass is 10.2. The molecule has 0 aliphatic heterocycles. The molecular formula is C13H10BrClFN7O2S2. The molecular weight excluding hydrogens is 485 g/mol. The zero-order chi connectivity index (χ0) is 19.6. The first kappa shape index (κ1) is 20.1. The quantitative estimate of drug-likeness (QED) is 0.0552. The first-order valence-electron chi connectivity index (χ1n) is 7.15. The maximum absolute atomic E-state index is 13.7. The monoisotopic (exact) mass is 493 g/mol.